The largest absolute Gasteiger partial charge is 0.381 e. The molecule has 0 spiro atoms. The lowest BCUT2D eigenvalue weighted by molar-refractivity contribution is 0.109. The van der Waals surface area contributed by atoms with Crippen molar-refractivity contribution in [3.8, 4) is 0 Å². The molecule has 0 aliphatic carbocycles. The van der Waals surface area contributed by atoms with Crippen molar-refractivity contribution in [1.82, 2.24) is 5.32 Å². The average Bonchev–Trinajstić information content (AvgIpc) is 2.20. The Bertz CT molecular complexity index is 118. The summed E-state index contributed by atoms with van der Waals surface area (Å²) in [7, 11) is 0. The summed E-state index contributed by atoms with van der Waals surface area (Å²) in [5, 5.41) is 3.33. The SMILES string of the molecule is CCCOCCCNCCOCC(C)C. The lowest BCUT2D eigenvalue weighted by Crippen LogP contribution is -2.22. The van der Waals surface area contributed by atoms with Crippen molar-refractivity contribution in [2.75, 3.05) is 39.5 Å². The Hall–Kier alpha value is -0.120. The Balaban J connectivity index is 2.87. The highest BCUT2D eigenvalue weighted by molar-refractivity contribution is 4.47. The maximum atomic E-state index is 5.45. The molecule has 0 amide bonds. The van der Waals surface area contributed by atoms with Gasteiger partial charge in [-0.1, -0.05) is 20.8 Å². The van der Waals surface area contributed by atoms with Gasteiger partial charge in [0, 0.05) is 26.4 Å². The van der Waals surface area contributed by atoms with Crippen LogP contribution in [0.15, 0.2) is 0 Å². The van der Waals surface area contributed by atoms with Crippen LogP contribution in [-0.2, 0) is 9.47 Å². The van der Waals surface area contributed by atoms with Crippen LogP contribution in [0.3, 0.4) is 0 Å². The van der Waals surface area contributed by atoms with Gasteiger partial charge in [0.2, 0.25) is 0 Å². The molecule has 92 valence electrons. The van der Waals surface area contributed by atoms with Gasteiger partial charge < -0.3 is 14.8 Å². The van der Waals surface area contributed by atoms with Crippen LogP contribution >= 0.6 is 0 Å². The molecule has 0 aliphatic heterocycles. The van der Waals surface area contributed by atoms with E-state index in [0.717, 1.165) is 52.4 Å². The molecule has 0 aliphatic rings. The topological polar surface area (TPSA) is 30.5 Å². The molecule has 0 fully saturated rings. The van der Waals surface area contributed by atoms with Crippen LogP contribution in [-0.4, -0.2) is 39.5 Å². The third kappa shape index (κ3) is 13.9. The highest BCUT2D eigenvalue weighted by atomic mass is 16.5. The van der Waals surface area contributed by atoms with Crippen molar-refractivity contribution in [3.05, 3.63) is 0 Å². The molecule has 0 rings (SSSR count). The summed E-state index contributed by atoms with van der Waals surface area (Å²) in [6.45, 7) is 11.9. The minimum Gasteiger partial charge on any atom is -0.381 e. The first kappa shape index (κ1) is 14.9. The molecule has 15 heavy (non-hydrogen) atoms. The second-order valence-corrected chi connectivity index (χ2v) is 4.18. The molecule has 0 heterocycles. The zero-order chi connectivity index (χ0) is 11.4. The van der Waals surface area contributed by atoms with Gasteiger partial charge in [-0.2, -0.15) is 0 Å². The van der Waals surface area contributed by atoms with Crippen molar-refractivity contribution in [2.45, 2.75) is 33.6 Å². The predicted molar refractivity (Wildman–Crippen MR) is 64.3 cm³/mol. The summed E-state index contributed by atoms with van der Waals surface area (Å²) in [4.78, 5) is 0. The Labute approximate surface area is 94.5 Å². The molecule has 0 aromatic carbocycles. The summed E-state index contributed by atoms with van der Waals surface area (Å²) in [5.74, 6) is 0.632. The summed E-state index contributed by atoms with van der Waals surface area (Å²) in [5.41, 5.74) is 0. The van der Waals surface area contributed by atoms with E-state index in [1.54, 1.807) is 0 Å². The van der Waals surface area contributed by atoms with Gasteiger partial charge in [-0.25, -0.2) is 0 Å². The van der Waals surface area contributed by atoms with Crippen molar-refractivity contribution < 1.29 is 9.47 Å². The van der Waals surface area contributed by atoms with Crippen LogP contribution in [0.5, 0.6) is 0 Å². The molecule has 0 aromatic heterocycles. The third-order valence-electron chi connectivity index (χ3n) is 1.87. The first-order valence-electron chi connectivity index (χ1n) is 6.13. The minimum atomic E-state index is 0.632. The first-order chi connectivity index (χ1) is 7.27. The third-order valence-corrected chi connectivity index (χ3v) is 1.87. The van der Waals surface area contributed by atoms with E-state index in [1.165, 1.54) is 0 Å². The molecular formula is C12H27NO2. The fraction of sp³-hybridized carbons (Fsp3) is 1.00. The molecule has 0 atom stereocenters. The molecule has 3 heteroatoms. The normalized spacial score (nSPS) is 11.2. The van der Waals surface area contributed by atoms with E-state index < -0.39 is 0 Å². The van der Waals surface area contributed by atoms with Crippen molar-refractivity contribution >= 4 is 0 Å². The monoisotopic (exact) mass is 217 g/mol. The molecule has 1 N–H and O–H groups in total. The molecule has 0 radical (unpaired) electrons. The van der Waals surface area contributed by atoms with E-state index in [0.29, 0.717) is 5.92 Å². The fourth-order valence-electron chi connectivity index (χ4n) is 1.13. The van der Waals surface area contributed by atoms with Crippen LogP contribution < -0.4 is 5.32 Å². The van der Waals surface area contributed by atoms with Crippen LogP contribution in [0.25, 0.3) is 0 Å². The summed E-state index contributed by atoms with van der Waals surface area (Å²) < 4.78 is 10.8. The maximum absolute atomic E-state index is 5.45. The van der Waals surface area contributed by atoms with E-state index in [9.17, 15) is 0 Å². The van der Waals surface area contributed by atoms with Gasteiger partial charge in [-0.3, -0.25) is 0 Å². The standard InChI is InChI=1S/C12H27NO2/c1-4-8-14-9-5-6-13-7-10-15-11-12(2)3/h12-13H,4-11H2,1-3H3. The maximum Gasteiger partial charge on any atom is 0.0591 e. The smallest absolute Gasteiger partial charge is 0.0591 e. The molecule has 0 saturated carbocycles. The van der Waals surface area contributed by atoms with E-state index >= 15 is 0 Å². The predicted octanol–water partition coefficient (Wildman–Crippen LogP) is 2.07. The van der Waals surface area contributed by atoms with E-state index in [1.807, 2.05) is 0 Å². The molecule has 0 unspecified atom stereocenters. The fourth-order valence-corrected chi connectivity index (χ4v) is 1.13. The number of hydrogen-bond donors (Lipinski definition) is 1. The van der Waals surface area contributed by atoms with E-state index in [2.05, 4.69) is 26.1 Å². The van der Waals surface area contributed by atoms with Crippen molar-refractivity contribution in [2.24, 2.45) is 5.92 Å². The Morgan fingerprint density at radius 2 is 1.80 bits per heavy atom. The zero-order valence-electron chi connectivity index (χ0n) is 10.6. The quantitative estimate of drug-likeness (QED) is 0.537. The summed E-state index contributed by atoms with van der Waals surface area (Å²) in [6.07, 6.45) is 2.20. The molecule has 0 bridgehead atoms. The Morgan fingerprint density at radius 3 is 2.47 bits per heavy atom. The van der Waals surface area contributed by atoms with Crippen molar-refractivity contribution in [1.29, 1.82) is 0 Å². The zero-order valence-corrected chi connectivity index (χ0v) is 10.6. The van der Waals surface area contributed by atoms with Gasteiger partial charge in [0.25, 0.3) is 0 Å². The molecule has 0 saturated heterocycles. The molecular weight excluding hydrogens is 190 g/mol. The van der Waals surface area contributed by atoms with Crippen molar-refractivity contribution in [3.63, 3.8) is 0 Å². The number of nitrogens with one attached hydrogen (secondary N) is 1. The second kappa shape index (κ2) is 12.0. The van der Waals surface area contributed by atoms with Crippen LogP contribution in [0, 0.1) is 5.92 Å². The van der Waals surface area contributed by atoms with Crippen LogP contribution in [0.4, 0.5) is 0 Å². The minimum absolute atomic E-state index is 0.632. The number of hydrogen-bond acceptors (Lipinski definition) is 3. The summed E-state index contributed by atoms with van der Waals surface area (Å²) in [6, 6.07) is 0. The lowest BCUT2D eigenvalue weighted by Gasteiger charge is -2.08. The number of ether oxygens (including phenoxy) is 2. The van der Waals surface area contributed by atoms with Gasteiger partial charge in [-0.05, 0) is 25.3 Å². The van der Waals surface area contributed by atoms with E-state index in [4.69, 9.17) is 9.47 Å². The average molecular weight is 217 g/mol. The van der Waals surface area contributed by atoms with E-state index in [-0.39, 0.29) is 0 Å². The van der Waals surface area contributed by atoms with Gasteiger partial charge in [0.1, 0.15) is 0 Å². The van der Waals surface area contributed by atoms with Gasteiger partial charge >= 0.3 is 0 Å². The van der Waals surface area contributed by atoms with Crippen LogP contribution in [0.2, 0.25) is 0 Å². The Kier molecular flexibility index (Phi) is 11.9. The highest BCUT2D eigenvalue weighted by Crippen LogP contribution is 1.91. The summed E-state index contributed by atoms with van der Waals surface area (Å²) >= 11 is 0. The molecule has 0 aromatic rings. The Morgan fingerprint density at radius 1 is 1.00 bits per heavy atom. The number of rotatable bonds is 11. The molecule has 3 nitrogen and oxygen atoms in total. The highest BCUT2D eigenvalue weighted by Gasteiger charge is 1.93. The first-order valence-corrected chi connectivity index (χ1v) is 6.13. The van der Waals surface area contributed by atoms with Gasteiger partial charge in [0.05, 0.1) is 6.61 Å². The van der Waals surface area contributed by atoms with Gasteiger partial charge in [-0.15, -0.1) is 0 Å². The lowest BCUT2D eigenvalue weighted by atomic mass is 10.2. The van der Waals surface area contributed by atoms with Crippen LogP contribution in [0.1, 0.15) is 33.6 Å². The van der Waals surface area contributed by atoms with Gasteiger partial charge in [0.15, 0.2) is 0 Å². The second-order valence-electron chi connectivity index (χ2n) is 4.18.